The molecule has 2 N–H and O–H groups in total. The molecule has 0 amide bonds. The van der Waals surface area contributed by atoms with Gasteiger partial charge in [0.05, 0.1) is 6.61 Å². The van der Waals surface area contributed by atoms with Crippen LogP contribution in [-0.2, 0) is 4.74 Å². The van der Waals surface area contributed by atoms with Crippen molar-refractivity contribution in [2.24, 2.45) is 11.7 Å². The number of hydrogen-bond donors (Lipinski definition) is 1. The van der Waals surface area contributed by atoms with Crippen LogP contribution in [0.2, 0.25) is 0 Å². The number of nitrogens with two attached hydrogens (primary N) is 1. The number of rotatable bonds is 5. The number of nitrogens with zero attached hydrogens (tertiary/aromatic N) is 1. The number of likely N-dealkylation sites (tertiary alicyclic amines) is 1. The minimum atomic E-state index is 0.179. The molecule has 1 aliphatic heterocycles. The monoisotopic (exact) mass is 200 g/mol. The van der Waals surface area contributed by atoms with E-state index in [1.165, 1.54) is 32.4 Å². The highest BCUT2D eigenvalue weighted by Gasteiger charge is 2.18. The van der Waals surface area contributed by atoms with Crippen molar-refractivity contribution in [2.75, 3.05) is 33.4 Å². The lowest BCUT2D eigenvalue weighted by molar-refractivity contribution is 0.130. The molecule has 1 heterocycles. The predicted molar refractivity (Wildman–Crippen MR) is 59.3 cm³/mol. The van der Waals surface area contributed by atoms with Crippen LogP contribution in [-0.4, -0.2) is 44.3 Å². The van der Waals surface area contributed by atoms with Gasteiger partial charge in [0.15, 0.2) is 0 Å². The van der Waals surface area contributed by atoms with Crippen LogP contribution in [0.5, 0.6) is 0 Å². The van der Waals surface area contributed by atoms with Crippen LogP contribution in [0.3, 0.4) is 0 Å². The first-order valence-electron chi connectivity index (χ1n) is 5.73. The first-order chi connectivity index (χ1) is 6.76. The third-order valence-corrected chi connectivity index (χ3v) is 3.16. The summed E-state index contributed by atoms with van der Waals surface area (Å²) in [6.07, 6.45) is 4.02. The second kappa shape index (κ2) is 6.38. The van der Waals surface area contributed by atoms with Crippen molar-refractivity contribution in [2.45, 2.75) is 32.2 Å². The third kappa shape index (κ3) is 3.95. The topological polar surface area (TPSA) is 38.5 Å². The molecule has 0 aliphatic carbocycles. The summed E-state index contributed by atoms with van der Waals surface area (Å²) in [5, 5.41) is 0. The smallest absolute Gasteiger partial charge is 0.0626 e. The fourth-order valence-corrected chi connectivity index (χ4v) is 2.18. The summed E-state index contributed by atoms with van der Waals surface area (Å²) in [5.41, 5.74) is 5.92. The minimum Gasteiger partial charge on any atom is -0.383 e. The van der Waals surface area contributed by atoms with Gasteiger partial charge in [-0.05, 0) is 31.8 Å². The molecule has 3 heteroatoms. The Morgan fingerprint density at radius 3 is 2.57 bits per heavy atom. The summed E-state index contributed by atoms with van der Waals surface area (Å²) >= 11 is 0. The van der Waals surface area contributed by atoms with Gasteiger partial charge in [0.25, 0.3) is 0 Å². The second-order valence-corrected chi connectivity index (χ2v) is 4.37. The number of piperidine rings is 1. The molecule has 0 aromatic rings. The van der Waals surface area contributed by atoms with Gasteiger partial charge >= 0.3 is 0 Å². The van der Waals surface area contributed by atoms with Crippen molar-refractivity contribution in [1.29, 1.82) is 0 Å². The first kappa shape index (κ1) is 12.0. The van der Waals surface area contributed by atoms with Gasteiger partial charge < -0.3 is 15.4 Å². The highest BCUT2D eigenvalue weighted by atomic mass is 16.5. The molecule has 0 saturated carbocycles. The summed E-state index contributed by atoms with van der Waals surface area (Å²) in [6, 6.07) is 0.179. The highest BCUT2D eigenvalue weighted by molar-refractivity contribution is 4.74. The van der Waals surface area contributed by atoms with Gasteiger partial charge in [0, 0.05) is 19.7 Å². The van der Waals surface area contributed by atoms with Gasteiger partial charge in [-0.25, -0.2) is 0 Å². The van der Waals surface area contributed by atoms with E-state index in [1.807, 2.05) is 0 Å². The molecule has 0 radical (unpaired) electrons. The number of ether oxygens (including phenoxy) is 1. The Bertz CT molecular complexity index is 144. The molecule has 0 bridgehead atoms. The quantitative estimate of drug-likeness (QED) is 0.722. The molecule has 0 spiro atoms. The standard InChI is InChI=1S/C11H24N2O/c1-3-10-4-6-13(7-5-10)8-11(12)9-14-2/h10-11H,3-9,12H2,1-2H3. The average molecular weight is 200 g/mol. The molecule has 1 fully saturated rings. The average Bonchev–Trinajstić information content (AvgIpc) is 2.19. The van der Waals surface area contributed by atoms with Crippen LogP contribution >= 0.6 is 0 Å². The Kier molecular flexibility index (Phi) is 5.45. The minimum absolute atomic E-state index is 0.179. The Balaban J connectivity index is 2.15. The summed E-state index contributed by atoms with van der Waals surface area (Å²) < 4.78 is 5.04. The summed E-state index contributed by atoms with van der Waals surface area (Å²) in [6.45, 7) is 6.39. The van der Waals surface area contributed by atoms with Crippen LogP contribution < -0.4 is 5.73 Å². The maximum Gasteiger partial charge on any atom is 0.0626 e. The second-order valence-electron chi connectivity index (χ2n) is 4.37. The molecule has 3 nitrogen and oxygen atoms in total. The zero-order chi connectivity index (χ0) is 10.4. The van der Waals surface area contributed by atoms with Crippen molar-refractivity contribution < 1.29 is 4.74 Å². The number of methoxy groups -OCH3 is 1. The molecule has 0 aromatic carbocycles. The van der Waals surface area contributed by atoms with E-state index in [9.17, 15) is 0 Å². The Labute approximate surface area is 87.6 Å². The maximum absolute atomic E-state index is 5.92. The maximum atomic E-state index is 5.92. The largest absolute Gasteiger partial charge is 0.383 e. The van der Waals surface area contributed by atoms with Gasteiger partial charge in [-0.2, -0.15) is 0 Å². The highest BCUT2D eigenvalue weighted by Crippen LogP contribution is 2.19. The first-order valence-corrected chi connectivity index (χ1v) is 5.73. The van der Waals surface area contributed by atoms with Gasteiger partial charge in [-0.3, -0.25) is 0 Å². The van der Waals surface area contributed by atoms with Crippen molar-refractivity contribution in [1.82, 2.24) is 4.90 Å². The lowest BCUT2D eigenvalue weighted by Crippen LogP contribution is -2.43. The summed E-state index contributed by atoms with van der Waals surface area (Å²) in [5.74, 6) is 0.949. The van der Waals surface area contributed by atoms with E-state index in [2.05, 4.69) is 11.8 Å². The van der Waals surface area contributed by atoms with Gasteiger partial charge in [-0.1, -0.05) is 13.3 Å². The van der Waals surface area contributed by atoms with Crippen LogP contribution in [0.1, 0.15) is 26.2 Å². The van der Waals surface area contributed by atoms with E-state index in [0.717, 1.165) is 12.5 Å². The fraction of sp³-hybridized carbons (Fsp3) is 1.00. The zero-order valence-corrected chi connectivity index (χ0v) is 9.54. The lowest BCUT2D eigenvalue weighted by atomic mass is 9.94. The molecular formula is C11H24N2O. The Hall–Kier alpha value is -0.120. The summed E-state index contributed by atoms with van der Waals surface area (Å²) in [7, 11) is 1.71. The van der Waals surface area contributed by atoms with Crippen LogP contribution in [0.15, 0.2) is 0 Å². The predicted octanol–water partition coefficient (Wildman–Crippen LogP) is 1.08. The SMILES string of the molecule is CCC1CCN(CC(N)COC)CC1. The zero-order valence-electron chi connectivity index (χ0n) is 9.54. The van der Waals surface area contributed by atoms with E-state index in [-0.39, 0.29) is 6.04 Å². The van der Waals surface area contributed by atoms with E-state index in [0.29, 0.717) is 6.61 Å². The van der Waals surface area contributed by atoms with E-state index in [1.54, 1.807) is 7.11 Å². The van der Waals surface area contributed by atoms with E-state index < -0.39 is 0 Å². The van der Waals surface area contributed by atoms with Crippen molar-refractivity contribution in [3.63, 3.8) is 0 Å². The molecule has 14 heavy (non-hydrogen) atoms. The molecule has 1 aliphatic rings. The molecule has 0 aromatic heterocycles. The van der Waals surface area contributed by atoms with E-state index >= 15 is 0 Å². The van der Waals surface area contributed by atoms with E-state index in [4.69, 9.17) is 10.5 Å². The van der Waals surface area contributed by atoms with Gasteiger partial charge in [0.2, 0.25) is 0 Å². The molecule has 1 unspecified atom stereocenters. The van der Waals surface area contributed by atoms with Crippen molar-refractivity contribution >= 4 is 0 Å². The molecular weight excluding hydrogens is 176 g/mol. The van der Waals surface area contributed by atoms with Crippen LogP contribution in [0, 0.1) is 5.92 Å². The van der Waals surface area contributed by atoms with Gasteiger partial charge in [0.1, 0.15) is 0 Å². The molecule has 1 rings (SSSR count). The van der Waals surface area contributed by atoms with Crippen LogP contribution in [0.4, 0.5) is 0 Å². The summed E-state index contributed by atoms with van der Waals surface area (Å²) in [4.78, 5) is 2.47. The molecule has 1 saturated heterocycles. The Morgan fingerprint density at radius 1 is 1.43 bits per heavy atom. The van der Waals surface area contributed by atoms with Crippen molar-refractivity contribution in [3.8, 4) is 0 Å². The number of hydrogen-bond acceptors (Lipinski definition) is 3. The Morgan fingerprint density at radius 2 is 2.07 bits per heavy atom. The van der Waals surface area contributed by atoms with Crippen LogP contribution in [0.25, 0.3) is 0 Å². The molecule has 84 valence electrons. The fourth-order valence-electron chi connectivity index (χ4n) is 2.18. The lowest BCUT2D eigenvalue weighted by Gasteiger charge is -2.32. The third-order valence-electron chi connectivity index (χ3n) is 3.16. The molecule has 1 atom stereocenters. The van der Waals surface area contributed by atoms with Gasteiger partial charge in [-0.15, -0.1) is 0 Å². The normalized spacial score (nSPS) is 22.5. The van der Waals surface area contributed by atoms with Crippen molar-refractivity contribution in [3.05, 3.63) is 0 Å².